The molecule has 0 saturated heterocycles. The lowest BCUT2D eigenvalue weighted by molar-refractivity contribution is -0.144. The molecule has 0 amide bonds. The largest absolute Gasteiger partial charge is 0.480 e. The summed E-state index contributed by atoms with van der Waals surface area (Å²) >= 11 is 0. The van der Waals surface area contributed by atoms with Gasteiger partial charge in [0.2, 0.25) is 0 Å². The summed E-state index contributed by atoms with van der Waals surface area (Å²) in [6.45, 7) is 5.45. The molecule has 0 spiro atoms. The van der Waals surface area contributed by atoms with E-state index in [2.05, 4.69) is 18.7 Å². The van der Waals surface area contributed by atoms with Crippen LogP contribution >= 0.6 is 0 Å². The predicted molar refractivity (Wildman–Crippen MR) is 59.7 cm³/mol. The van der Waals surface area contributed by atoms with Gasteiger partial charge in [-0.15, -0.1) is 0 Å². The first kappa shape index (κ1) is 12.5. The third kappa shape index (κ3) is 3.80. The maximum atomic E-state index is 11.1. The summed E-state index contributed by atoms with van der Waals surface area (Å²) in [5.41, 5.74) is 5.46. The fourth-order valence-electron chi connectivity index (χ4n) is 1.89. The highest BCUT2D eigenvalue weighted by Crippen LogP contribution is 2.31. The lowest BCUT2D eigenvalue weighted by atomic mass is 10.1. The van der Waals surface area contributed by atoms with Crippen molar-refractivity contribution in [3.63, 3.8) is 0 Å². The quantitative estimate of drug-likeness (QED) is 0.661. The van der Waals surface area contributed by atoms with Gasteiger partial charge >= 0.3 is 5.97 Å². The standard InChI is InChI=1S/C11H22N2O2/c1-8(2)13(7-9-3-4-9)10(5-6-12)11(14)15/h8-10H,3-7,12H2,1-2H3,(H,14,15). The predicted octanol–water partition coefficient (Wildman–Crippen LogP) is 0.909. The van der Waals surface area contributed by atoms with Crippen molar-refractivity contribution in [2.24, 2.45) is 11.7 Å². The van der Waals surface area contributed by atoms with Crippen LogP contribution in [-0.4, -0.2) is 41.1 Å². The minimum atomic E-state index is -0.741. The van der Waals surface area contributed by atoms with E-state index in [1.807, 2.05) is 0 Å². The Balaban J connectivity index is 2.59. The molecule has 3 N–H and O–H groups in total. The Morgan fingerprint density at radius 1 is 1.53 bits per heavy atom. The van der Waals surface area contributed by atoms with E-state index in [0.717, 1.165) is 6.54 Å². The Bertz CT molecular complexity index is 215. The fourth-order valence-corrected chi connectivity index (χ4v) is 1.89. The van der Waals surface area contributed by atoms with Gasteiger partial charge in [0.25, 0.3) is 0 Å². The molecule has 0 bridgehead atoms. The number of nitrogens with two attached hydrogens (primary N) is 1. The van der Waals surface area contributed by atoms with Crippen molar-refractivity contribution in [1.82, 2.24) is 4.90 Å². The lowest BCUT2D eigenvalue weighted by Gasteiger charge is -2.32. The number of carbonyl (C=O) groups is 1. The van der Waals surface area contributed by atoms with Crippen LogP contribution in [0.1, 0.15) is 33.1 Å². The van der Waals surface area contributed by atoms with Gasteiger partial charge in [-0.1, -0.05) is 0 Å². The maximum absolute atomic E-state index is 11.1. The Morgan fingerprint density at radius 2 is 2.13 bits per heavy atom. The zero-order chi connectivity index (χ0) is 11.4. The van der Waals surface area contributed by atoms with E-state index >= 15 is 0 Å². The van der Waals surface area contributed by atoms with Gasteiger partial charge in [0.05, 0.1) is 0 Å². The van der Waals surface area contributed by atoms with E-state index in [1.165, 1.54) is 12.8 Å². The SMILES string of the molecule is CC(C)N(CC1CC1)C(CCN)C(=O)O. The lowest BCUT2D eigenvalue weighted by Crippen LogP contribution is -2.47. The molecular formula is C11H22N2O2. The van der Waals surface area contributed by atoms with Crippen LogP contribution in [0.2, 0.25) is 0 Å². The highest BCUT2D eigenvalue weighted by Gasteiger charge is 2.32. The number of aliphatic carboxylic acids is 1. The first-order valence-electron chi connectivity index (χ1n) is 5.74. The molecule has 15 heavy (non-hydrogen) atoms. The molecule has 1 unspecified atom stereocenters. The van der Waals surface area contributed by atoms with Crippen molar-refractivity contribution < 1.29 is 9.90 Å². The minimum absolute atomic E-state index is 0.276. The van der Waals surface area contributed by atoms with Crippen molar-refractivity contribution >= 4 is 5.97 Å². The number of carboxylic acid groups (broad SMARTS) is 1. The Hall–Kier alpha value is -0.610. The summed E-state index contributed by atoms with van der Waals surface area (Å²) < 4.78 is 0. The summed E-state index contributed by atoms with van der Waals surface area (Å²) in [5, 5.41) is 9.16. The average Bonchev–Trinajstić information content (AvgIpc) is 2.93. The highest BCUT2D eigenvalue weighted by atomic mass is 16.4. The maximum Gasteiger partial charge on any atom is 0.320 e. The van der Waals surface area contributed by atoms with Gasteiger partial charge in [-0.25, -0.2) is 0 Å². The molecule has 4 heteroatoms. The van der Waals surface area contributed by atoms with Gasteiger partial charge in [0.15, 0.2) is 0 Å². The van der Waals surface area contributed by atoms with E-state index < -0.39 is 12.0 Å². The number of carboxylic acids is 1. The molecule has 1 saturated carbocycles. The summed E-state index contributed by atoms with van der Waals surface area (Å²) in [7, 11) is 0. The second-order valence-electron chi connectivity index (χ2n) is 4.67. The van der Waals surface area contributed by atoms with Crippen molar-refractivity contribution in [2.75, 3.05) is 13.1 Å². The van der Waals surface area contributed by atoms with Gasteiger partial charge in [-0.3, -0.25) is 9.69 Å². The molecule has 0 aromatic heterocycles. The van der Waals surface area contributed by atoms with Crippen LogP contribution in [-0.2, 0) is 4.79 Å². The van der Waals surface area contributed by atoms with Crippen molar-refractivity contribution in [1.29, 1.82) is 0 Å². The molecular weight excluding hydrogens is 192 g/mol. The van der Waals surface area contributed by atoms with Crippen molar-refractivity contribution in [3.8, 4) is 0 Å². The molecule has 0 heterocycles. The third-order valence-electron chi connectivity index (χ3n) is 2.95. The molecule has 0 aromatic carbocycles. The molecule has 0 aromatic rings. The normalized spacial score (nSPS) is 18.5. The number of rotatable bonds is 7. The van der Waals surface area contributed by atoms with Gasteiger partial charge in [0, 0.05) is 12.6 Å². The zero-order valence-electron chi connectivity index (χ0n) is 9.65. The van der Waals surface area contributed by atoms with Crippen molar-refractivity contribution in [3.05, 3.63) is 0 Å². The van der Waals surface area contributed by atoms with E-state index in [1.54, 1.807) is 0 Å². The van der Waals surface area contributed by atoms with Crippen LogP contribution in [0.25, 0.3) is 0 Å². The molecule has 0 radical (unpaired) electrons. The van der Waals surface area contributed by atoms with Crippen LogP contribution in [0.4, 0.5) is 0 Å². The Kier molecular flexibility index (Phi) is 4.54. The topological polar surface area (TPSA) is 66.6 Å². The van der Waals surface area contributed by atoms with E-state index in [4.69, 9.17) is 10.8 Å². The van der Waals surface area contributed by atoms with Crippen LogP contribution in [0.5, 0.6) is 0 Å². The number of hydrogen-bond donors (Lipinski definition) is 2. The molecule has 88 valence electrons. The number of nitrogens with zero attached hydrogens (tertiary/aromatic N) is 1. The summed E-state index contributed by atoms with van der Waals surface area (Å²) in [4.78, 5) is 13.2. The summed E-state index contributed by atoms with van der Waals surface area (Å²) in [6.07, 6.45) is 3.04. The molecule has 1 aliphatic rings. The van der Waals surface area contributed by atoms with E-state index in [9.17, 15) is 4.79 Å². The zero-order valence-corrected chi connectivity index (χ0v) is 9.65. The molecule has 0 aliphatic heterocycles. The van der Waals surface area contributed by atoms with Gasteiger partial charge in [-0.2, -0.15) is 0 Å². The van der Waals surface area contributed by atoms with E-state index in [-0.39, 0.29) is 6.04 Å². The minimum Gasteiger partial charge on any atom is -0.480 e. The Morgan fingerprint density at radius 3 is 2.47 bits per heavy atom. The molecule has 1 rings (SSSR count). The fraction of sp³-hybridized carbons (Fsp3) is 0.909. The summed E-state index contributed by atoms with van der Waals surface area (Å²) in [5.74, 6) is -0.0261. The molecule has 1 fully saturated rings. The van der Waals surface area contributed by atoms with Crippen LogP contribution in [0.15, 0.2) is 0 Å². The van der Waals surface area contributed by atoms with E-state index in [0.29, 0.717) is 18.9 Å². The van der Waals surface area contributed by atoms with Crippen LogP contribution in [0.3, 0.4) is 0 Å². The average molecular weight is 214 g/mol. The second kappa shape index (κ2) is 5.47. The first-order valence-corrected chi connectivity index (χ1v) is 5.74. The van der Waals surface area contributed by atoms with Crippen LogP contribution in [0, 0.1) is 5.92 Å². The van der Waals surface area contributed by atoms with Gasteiger partial charge in [0.1, 0.15) is 6.04 Å². The highest BCUT2D eigenvalue weighted by molar-refractivity contribution is 5.73. The second-order valence-corrected chi connectivity index (χ2v) is 4.67. The monoisotopic (exact) mass is 214 g/mol. The van der Waals surface area contributed by atoms with Gasteiger partial charge < -0.3 is 10.8 Å². The third-order valence-corrected chi connectivity index (χ3v) is 2.95. The number of hydrogen-bond acceptors (Lipinski definition) is 3. The summed E-state index contributed by atoms with van der Waals surface area (Å²) in [6, 6.07) is -0.131. The van der Waals surface area contributed by atoms with Gasteiger partial charge in [-0.05, 0) is 45.6 Å². The smallest absolute Gasteiger partial charge is 0.320 e. The Labute approximate surface area is 91.4 Å². The van der Waals surface area contributed by atoms with Crippen molar-refractivity contribution in [2.45, 2.75) is 45.2 Å². The molecule has 1 aliphatic carbocycles. The first-order chi connectivity index (χ1) is 7.06. The molecule has 1 atom stereocenters. The molecule has 4 nitrogen and oxygen atoms in total. The van der Waals surface area contributed by atoms with Crippen LogP contribution < -0.4 is 5.73 Å².